The minimum absolute atomic E-state index is 0.128. The van der Waals surface area contributed by atoms with Crippen LogP contribution in [0.15, 0.2) is 42.9 Å². The number of aryl methyl sites for hydroxylation is 2. The van der Waals surface area contributed by atoms with E-state index in [1.165, 1.54) is 0 Å². The van der Waals surface area contributed by atoms with Crippen molar-refractivity contribution in [1.29, 1.82) is 0 Å². The predicted molar refractivity (Wildman–Crippen MR) is 128 cm³/mol. The number of ether oxygens (including phenoxy) is 1. The van der Waals surface area contributed by atoms with Gasteiger partial charge in [0.15, 0.2) is 5.82 Å². The van der Waals surface area contributed by atoms with E-state index in [1.54, 1.807) is 19.3 Å². The number of hydrogen-bond acceptors (Lipinski definition) is 7. The molecule has 2 aliphatic rings. The fraction of sp³-hybridized carbons (Fsp3) is 0.333. The lowest BCUT2D eigenvalue weighted by molar-refractivity contribution is -0.127. The van der Waals surface area contributed by atoms with E-state index in [1.807, 2.05) is 23.2 Å². The lowest BCUT2D eigenvalue weighted by Gasteiger charge is -2.17. The van der Waals surface area contributed by atoms with Gasteiger partial charge in [0.2, 0.25) is 11.9 Å². The Morgan fingerprint density at radius 3 is 2.94 bits per heavy atom. The van der Waals surface area contributed by atoms with Gasteiger partial charge in [-0.1, -0.05) is 11.6 Å². The van der Waals surface area contributed by atoms with E-state index in [2.05, 4.69) is 37.7 Å². The molecule has 0 saturated carbocycles. The molecule has 33 heavy (non-hydrogen) atoms. The molecule has 2 aliphatic heterocycles. The minimum Gasteiger partial charge on any atom is -0.493 e. The van der Waals surface area contributed by atoms with Crippen LogP contribution in [0.3, 0.4) is 0 Å². The maximum Gasteiger partial charge on any atom is 0.229 e. The van der Waals surface area contributed by atoms with Crippen LogP contribution in [-0.2, 0) is 17.6 Å². The largest absolute Gasteiger partial charge is 0.493 e. The summed E-state index contributed by atoms with van der Waals surface area (Å²) in [5, 5.41) is 6.93. The number of likely N-dealkylation sites (tertiary alicyclic amines) is 1. The van der Waals surface area contributed by atoms with Crippen molar-refractivity contribution in [2.24, 2.45) is 5.92 Å². The van der Waals surface area contributed by atoms with Gasteiger partial charge in [0, 0.05) is 37.8 Å². The van der Waals surface area contributed by atoms with Crippen LogP contribution in [0, 0.1) is 5.92 Å². The third kappa shape index (κ3) is 5.01. The third-order valence-electron chi connectivity index (χ3n) is 6.01. The number of benzene rings is 1. The van der Waals surface area contributed by atoms with Gasteiger partial charge in [0.05, 0.1) is 24.7 Å². The first-order valence-electron chi connectivity index (χ1n) is 11.1. The zero-order valence-corrected chi connectivity index (χ0v) is 19.1. The molecular formula is C24H25ClN6O2. The number of amides is 1. The summed E-state index contributed by atoms with van der Waals surface area (Å²) in [5.41, 5.74) is 3.88. The number of carbonyl (C=O) groups excluding carboxylic acids is 1. The normalized spacial score (nSPS) is 17.2. The molecule has 3 aromatic rings. The topological polar surface area (TPSA) is 92.3 Å². The van der Waals surface area contributed by atoms with Crippen LogP contribution in [0.4, 0.5) is 23.1 Å². The van der Waals surface area contributed by atoms with E-state index >= 15 is 0 Å². The van der Waals surface area contributed by atoms with Gasteiger partial charge < -0.3 is 20.3 Å². The molecule has 1 saturated heterocycles. The van der Waals surface area contributed by atoms with E-state index in [0.29, 0.717) is 29.3 Å². The summed E-state index contributed by atoms with van der Waals surface area (Å²) in [6.45, 7) is 3.77. The Bertz CT molecular complexity index is 1190. The number of anilines is 4. The molecule has 8 nitrogen and oxygen atoms in total. The van der Waals surface area contributed by atoms with Crippen molar-refractivity contribution in [3.63, 3.8) is 0 Å². The fourth-order valence-corrected chi connectivity index (χ4v) is 4.35. The van der Waals surface area contributed by atoms with E-state index in [9.17, 15) is 4.79 Å². The number of nitrogens with zero attached hydrogens (tertiary/aromatic N) is 4. The highest BCUT2D eigenvalue weighted by Crippen LogP contribution is 2.31. The van der Waals surface area contributed by atoms with E-state index < -0.39 is 0 Å². The standard InChI is InChI=1S/C24H25ClN6O2/c1-15(32)31-7-6-17(13-31)14-33-22-5-4-19-9-18(22)3-2-16-8-20(11-26-10-16)29-24-27-12-21(25)23(28-19)30-24/h4-5,8-12,17H,2-3,6-7,13-14H2,1H3,(H2,27,28,29,30). The molecule has 9 heteroatoms. The molecule has 1 aromatic carbocycles. The summed E-state index contributed by atoms with van der Waals surface area (Å²) in [5.74, 6) is 2.29. The maximum absolute atomic E-state index is 11.6. The van der Waals surface area contributed by atoms with Gasteiger partial charge in [-0.05, 0) is 54.7 Å². The average Bonchev–Trinajstić information content (AvgIpc) is 3.29. The molecule has 1 amide bonds. The van der Waals surface area contributed by atoms with Crippen molar-refractivity contribution in [2.45, 2.75) is 26.2 Å². The number of fused-ring (bicyclic) bond motifs is 6. The first-order chi connectivity index (χ1) is 16.0. The lowest BCUT2D eigenvalue weighted by Crippen LogP contribution is -2.27. The van der Waals surface area contributed by atoms with Gasteiger partial charge in [-0.3, -0.25) is 9.78 Å². The zero-order chi connectivity index (χ0) is 22.8. The van der Waals surface area contributed by atoms with Crippen LogP contribution < -0.4 is 15.4 Å². The number of halogens is 1. The van der Waals surface area contributed by atoms with Crippen LogP contribution in [0.2, 0.25) is 5.02 Å². The van der Waals surface area contributed by atoms with Crippen molar-refractivity contribution in [3.05, 3.63) is 59.0 Å². The van der Waals surface area contributed by atoms with E-state index in [0.717, 1.165) is 60.6 Å². The third-order valence-corrected chi connectivity index (χ3v) is 6.28. The Morgan fingerprint density at radius 2 is 2.09 bits per heavy atom. The van der Waals surface area contributed by atoms with E-state index in [-0.39, 0.29) is 5.91 Å². The number of nitrogens with one attached hydrogen (secondary N) is 2. The van der Waals surface area contributed by atoms with Gasteiger partial charge in [-0.25, -0.2) is 4.98 Å². The van der Waals surface area contributed by atoms with Crippen molar-refractivity contribution >= 4 is 40.6 Å². The molecule has 5 rings (SSSR count). The maximum atomic E-state index is 11.6. The number of rotatable bonds is 3. The highest BCUT2D eigenvalue weighted by molar-refractivity contribution is 6.32. The Morgan fingerprint density at radius 1 is 1.18 bits per heavy atom. The summed E-state index contributed by atoms with van der Waals surface area (Å²) < 4.78 is 6.26. The monoisotopic (exact) mass is 464 g/mol. The fourth-order valence-electron chi connectivity index (χ4n) is 4.21. The Labute approximate surface area is 197 Å². The van der Waals surface area contributed by atoms with Crippen LogP contribution in [-0.4, -0.2) is 45.5 Å². The molecular weight excluding hydrogens is 440 g/mol. The van der Waals surface area contributed by atoms with Gasteiger partial charge in [0.25, 0.3) is 0 Å². The highest BCUT2D eigenvalue weighted by Gasteiger charge is 2.25. The SMILES string of the molecule is CC(=O)N1CCC(COc2ccc3cc2CCc2cncc(c2)Nc2ncc(Cl)c(n2)N3)C1. The summed E-state index contributed by atoms with van der Waals surface area (Å²) in [6, 6.07) is 8.07. The van der Waals surface area contributed by atoms with Crippen LogP contribution in [0.1, 0.15) is 24.5 Å². The van der Waals surface area contributed by atoms with Crippen molar-refractivity contribution < 1.29 is 9.53 Å². The van der Waals surface area contributed by atoms with Crippen LogP contribution in [0.25, 0.3) is 0 Å². The number of hydrogen-bond donors (Lipinski definition) is 2. The Kier molecular flexibility index (Phi) is 6.00. The number of carbonyl (C=O) groups is 1. The molecule has 0 spiro atoms. The second-order valence-electron chi connectivity index (χ2n) is 8.48. The van der Waals surface area contributed by atoms with Gasteiger partial charge in [-0.2, -0.15) is 4.98 Å². The van der Waals surface area contributed by atoms with Gasteiger partial charge >= 0.3 is 0 Å². The molecule has 2 aromatic heterocycles. The van der Waals surface area contributed by atoms with E-state index in [4.69, 9.17) is 16.3 Å². The van der Waals surface area contributed by atoms with Gasteiger partial charge in [0.1, 0.15) is 10.8 Å². The quantitative estimate of drug-likeness (QED) is 0.595. The van der Waals surface area contributed by atoms with Crippen LogP contribution in [0.5, 0.6) is 5.75 Å². The molecule has 0 radical (unpaired) electrons. The van der Waals surface area contributed by atoms with Crippen molar-refractivity contribution in [3.8, 4) is 5.75 Å². The predicted octanol–water partition coefficient (Wildman–Crippen LogP) is 4.36. The first-order valence-corrected chi connectivity index (χ1v) is 11.4. The summed E-state index contributed by atoms with van der Waals surface area (Å²) >= 11 is 6.34. The van der Waals surface area contributed by atoms with Crippen molar-refractivity contribution in [2.75, 3.05) is 30.3 Å². The first kappa shape index (κ1) is 21.5. The molecule has 0 aliphatic carbocycles. The average molecular weight is 465 g/mol. The summed E-state index contributed by atoms with van der Waals surface area (Å²) in [4.78, 5) is 26.7. The number of pyridine rings is 1. The molecule has 1 atom stereocenters. The second-order valence-corrected chi connectivity index (χ2v) is 8.88. The Balaban J connectivity index is 1.42. The summed E-state index contributed by atoms with van der Waals surface area (Å²) in [6.07, 6.45) is 7.75. The molecule has 4 heterocycles. The molecule has 1 fully saturated rings. The van der Waals surface area contributed by atoms with Crippen LogP contribution >= 0.6 is 11.6 Å². The highest BCUT2D eigenvalue weighted by atomic mass is 35.5. The van der Waals surface area contributed by atoms with Crippen molar-refractivity contribution in [1.82, 2.24) is 19.9 Å². The minimum atomic E-state index is 0.128. The number of aromatic nitrogens is 3. The molecule has 2 N–H and O–H groups in total. The molecule has 1 unspecified atom stereocenters. The Hall–Kier alpha value is -3.39. The lowest BCUT2D eigenvalue weighted by atomic mass is 10.0. The summed E-state index contributed by atoms with van der Waals surface area (Å²) in [7, 11) is 0. The zero-order valence-electron chi connectivity index (χ0n) is 18.3. The van der Waals surface area contributed by atoms with Gasteiger partial charge in [-0.15, -0.1) is 0 Å². The molecule has 170 valence electrons. The smallest absolute Gasteiger partial charge is 0.229 e. The second kappa shape index (κ2) is 9.23. The molecule has 6 bridgehead atoms.